The third kappa shape index (κ3) is 4.63. The molecule has 0 aromatic heterocycles. The Morgan fingerprint density at radius 2 is 2.14 bits per heavy atom. The zero-order chi connectivity index (χ0) is 15.1. The molecule has 2 rings (SSSR count). The highest BCUT2D eigenvalue weighted by molar-refractivity contribution is 5.67. The molecule has 116 valence electrons. The minimum atomic E-state index is -0.361. The van der Waals surface area contributed by atoms with Crippen LogP contribution in [-0.2, 0) is 4.74 Å². The summed E-state index contributed by atoms with van der Waals surface area (Å²) < 4.78 is 4.96. The van der Waals surface area contributed by atoms with Crippen molar-refractivity contribution in [3.05, 3.63) is 30.3 Å². The lowest BCUT2D eigenvalue weighted by Gasteiger charge is -2.39. The van der Waals surface area contributed by atoms with E-state index in [9.17, 15) is 9.90 Å². The van der Waals surface area contributed by atoms with Crippen LogP contribution in [0.3, 0.4) is 0 Å². The van der Waals surface area contributed by atoms with Gasteiger partial charge in [-0.2, -0.15) is 0 Å². The van der Waals surface area contributed by atoms with Crippen molar-refractivity contribution in [2.24, 2.45) is 5.92 Å². The zero-order valence-corrected chi connectivity index (χ0v) is 12.5. The van der Waals surface area contributed by atoms with Crippen molar-refractivity contribution in [1.82, 2.24) is 5.32 Å². The summed E-state index contributed by atoms with van der Waals surface area (Å²) in [7, 11) is 0. The van der Waals surface area contributed by atoms with Gasteiger partial charge in [-0.05, 0) is 37.8 Å². The molecule has 1 aromatic rings. The first-order valence-electron chi connectivity index (χ1n) is 7.57. The van der Waals surface area contributed by atoms with Crippen LogP contribution in [0.5, 0.6) is 0 Å². The molecule has 5 heteroatoms. The van der Waals surface area contributed by atoms with Crippen LogP contribution in [0.4, 0.5) is 10.5 Å². The highest BCUT2D eigenvalue weighted by atomic mass is 16.5. The molecule has 5 nitrogen and oxygen atoms in total. The van der Waals surface area contributed by atoms with Gasteiger partial charge in [0.05, 0.1) is 12.6 Å². The summed E-state index contributed by atoms with van der Waals surface area (Å²) in [6, 6.07) is 10.2. The van der Waals surface area contributed by atoms with E-state index < -0.39 is 0 Å². The van der Waals surface area contributed by atoms with E-state index in [4.69, 9.17) is 4.74 Å². The average molecular weight is 292 g/mol. The molecule has 0 spiro atoms. The first kappa shape index (κ1) is 15.6. The number of hydrogen-bond donors (Lipinski definition) is 2. The molecule has 2 N–H and O–H groups in total. The summed E-state index contributed by atoms with van der Waals surface area (Å²) in [5, 5.41) is 12.1. The maximum Gasteiger partial charge on any atom is 0.407 e. The van der Waals surface area contributed by atoms with Crippen molar-refractivity contribution in [2.75, 3.05) is 31.2 Å². The first-order valence-corrected chi connectivity index (χ1v) is 7.57. The van der Waals surface area contributed by atoms with E-state index in [1.807, 2.05) is 18.2 Å². The summed E-state index contributed by atoms with van der Waals surface area (Å²) in [5.41, 5.74) is 1.15. The quantitative estimate of drug-likeness (QED) is 0.871. The lowest BCUT2D eigenvalue weighted by atomic mass is 9.91. The maximum absolute atomic E-state index is 11.6. The average Bonchev–Trinajstić information content (AvgIpc) is 2.48. The summed E-state index contributed by atoms with van der Waals surface area (Å²) in [6.45, 7) is 4.03. The fourth-order valence-corrected chi connectivity index (χ4v) is 2.89. The van der Waals surface area contributed by atoms with Gasteiger partial charge in [-0.3, -0.25) is 0 Å². The van der Waals surface area contributed by atoms with Crippen LogP contribution in [-0.4, -0.2) is 43.5 Å². The second kappa shape index (κ2) is 7.88. The zero-order valence-electron chi connectivity index (χ0n) is 12.5. The molecule has 1 aliphatic heterocycles. The van der Waals surface area contributed by atoms with E-state index in [2.05, 4.69) is 22.3 Å². The van der Waals surface area contributed by atoms with Crippen molar-refractivity contribution in [2.45, 2.75) is 25.8 Å². The van der Waals surface area contributed by atoms with E-state index in [1.165, 1.54) is 0 Å². The number of benzene rings is 1. The van der Waals surface area contributed by atoms with Gasteiger partial charge in [0.1, 0.15) is 0 Å². The highest BCUT2D eigenvalue weighted by Gasteiger charge is 2.28. The molecule has 2 unspecified atom stereocenters. The van der Waals surface area contributed by atoms with Gasteiger partial charge >= 0.3 is 6.09 Å². The van der Waals surface area contributed by atoms with Crippen molar-refractivity contribution in [1.29, 1.82) is 0 Å². The van der Waals surface area contributed by atoms with Crippen molar-refractivity contribution in [3.63, 3.8) is 0 Å². The molecule has 1 aromatic carbocycles. The fourth-order valence-electron chi connectivity index (χ4n) is 2.89. The molecule has 21 heavy (non-hydrogen) atoms. The van der Waals surface area contributed by atoms with Gasteiger partial charge in [0.25, 0.3) is 0 Å². The van der Waals surface area contributed by atoms with Gasteiger partial charge in [0.15, 0.2) is 0 Å². The van der Waals surface area contributed by atoms with E-state index in [0.717, 1.165) is 31.6 Å². The summed E-state index contributed by atoms with van der Waals surface area (Å²) in [5.74, 6) is 0.371. The first-order chi connectivity index (χ1) is 10.2. The smallest absolute Gasteiger partial charge is 0.407 e. The van der Waals surface area contributed by atoms with E-state index >= 15 is 0 Å². The van der Waals surface area contributed by atoms with Crippen LogP contribution in [0.15, 0.2) is 30.3 Å². The predicted molar refractivity (Wildman–Crippen MR) is 82.4 cm³/mol. The van der Waals surface area contributed by atoms with Crippen LogP contribution >= 0.6 is 0 Å². The number of ether oxygens (including phenoxy) is 1. The van der Waals surface area contributed by atoms with Gasteiger partial charge in [-0.15, -0.1) is 0 Å². The Morgan fingerprint density at radius 1 is 1.38 bits per heavy atom. The minimum absolute atomic E-state index is 0.0505. The molecule has 0 aliphatic carbocycles. The standard InChI is InChI=1S/C16H24N2O3/c1-2-21-16(20)17-14-10-13(8-9-19)11-18(12-14)15-6-4-3-5-7-15/h3-7,13-14,19H,2,8-12H2,1H3,(H,17,20). The topological polar surface area (TPSA) is 61.8 Å². The molecular weight excluding hydrogens is 268 g/mol. The minimum Gasteiger partial charge on any atom is -0.450 e. The molecule has 1 fully saturated rings. The van der Waals surface area contributed by atoms with Crippen molar-refractivity contribution in [3.8, 4) is 0 Å². The normalized spacial score (nSPS) is 21.9. The van der Waals surface area contributed by atoms with Crippen LogP contribution in [0, 0.1) is 5.92 Å². The van der Waals surface area contributed by atoms with E-state index in [-0.39, 0.29) is 18.7 Å². The van der Waals surface area contributed by atoms with E-state index in [0.29, 0.717) is 12.5 Å². The number of rotatable bonds is 5. The number of alkyl carbamates (subject to hydrolysis) is 1. The van der Waals surface area contributed by atoms with Crippen LogP contribution in [0.25, 0.3) is 0 Å². The number of nitrogens with one attached hydrogen (secondary N) is 1. The maximum atomic E-state index is 11.6. The number of hydrogen-bond acceptors (Lipinski definition) is 4. The SMILES string of the molecule is CCOC(=O)NC1CC(CCO)CN(c2ccccc2)C1. The van der Waals surface area contributed by atoms with Crippen molar-refractivity contribution >= 4 is 11.8 Å². The fraction of sp³-hybridized carbons (Fsp3) is 0.562. The number of carbonyl (C=O) groups excluding carboxylic acids is 1. The molecule has 0 radical (unpaired) electrons. The predicted octanol–water partition coefficient (Wildman–Crippen LogP) is 2.01. The van der Waals surface area contributed by atoms with Gasteiger partial charge < -0.3 is 20.1 Å². The van der Waals surface area contributed by atoms with Crippen LogP contribution in [0.2, 0.25) is 0 Å². The Hall–Kier alpha value is -1.75. The number of nitrogens with zero attached hydrogens (tertiary/aromatic N) is 1. The number of para-hydroxylation sites is 1. The van der Waals surface area contributed by atoms with Gasteiger partial charge in [0, 0.05) is 25.4 Å². The molecule has 1 aliphatic rings. The molecule has 1 saturated heterocycles. The van der Waals surface area contributed by atoms with Gasteiger partial charge in [-0.1, -0.05) is 18.2 Å². The Kier molecular flexibility index (Phi) is 5.87. The Morgan fingerprint density at radius 3 is 2.81 bits per heavy atom. The third-order valence-electron chi connectivity index (χ3n) is 3.79. The number of amides is 1. The van der Waals surface area contributed by atoms with Crippen molar-refractivity contribution < 1.29 is 14.6 Å². The lowest BCUT2D eigenvalue weighted by molar-refractivity contribution is 0.143. The molecule has 1 heterocycles. The number of anilines is 1. The number of aliphatic hydroxyl groups is 1. The van der Waals surface area contributed by atoms with Crippen LogP contribution < -0.4 is 10.2 Å². The molecule has 2 atom stereocenters. The van der Waals surface area contributed by atoms with E-state index in [1.54, 1.807) is 6.92 Å². The number of piperidine rings is 1. The van der Waals surface area contributed by atoms with Crippen LogP contribution in [0.1, 0.15) is 19.8 Å². The molecule has 0 saturated carbocycles. The molecule has 1 amide bonds. The van der Waals surface area contributed by atoms with Gasteiger partial charge in [-0.25, -0.2) is 4.79 Å². The lowest BCUT2D eigenvalue weighted by Crippen LogP contribution is -2.51. The number of carbonyl (C=O) groups is 1. The van der Waals surface area contributed by atoms with Gasteiger partial charge in [0.2, 0.25) is 0 Å². The molecule has 0 bridgehead atoms. The second-order valence-electron chi connectivity index (χ2n) is 5.42. The highest BCUT2D eigenvalue weighted by Crippen LogP contribution is 2.25. The Labute approximate surface area is 125 Å². The number of aliphatic hydroxyl groups excluding tert-OH is 1. The Bertz CT molecular complexity index is 438. The monoisotopic (exact) mass is 292 g/mol. The summed E-state index contributed by atoms with van der Waals surface area (Å²) in [4.78, 5) is 13.9. The third-order valence-corrected chi connectivity index (χ3v) is 3.79. The Balaban J connectivity index is 2.03. The summed E-state index contributed by atoms with van der Waals surface area (Å²) >= 11 is 0. The largest absolute Gasteiger partial charge is 0.450 e. The molecular formula is C16H24N2O3. The second-order valence-corrected chi connectivity index (χ2v) is 5.42. The summed E-state index contributed by atoms with van der Waals surface area (Å²) in [6.07, 6.45) is 1.27.